The van der Waals surface area contributed by atoms with Gasteiger partial charge in [-0.25, -0.2) is 0 Å². The van der Waals surface area contributed by atoms with Gasteiger partial charge in [0, 0.05) is 25.2 Å². The Balaban J connectivity index is 2.03. The van der Waals surface area contributed by atoms with E-state index in [4.69, 9.17) is 5.73 Å². The van der Waals surface area contributed by atoms with Crippen LogP contribution in [0.5, 0.6) is 0 Å². The monoisotopic (exact) mass is 211 g/mol. The van der Waals surface area contributed by atoms with Gasteiger partial charge in [0.2, 0.25) is 5.91 Å². The lowest BCUT2D eigenvalue weighted by molar-refractivity contribution is -0.132. The molecule has 0 spiro atoms. The van der Waals surface area contributed by atoms with Crippen molar-refractivity contribution in [1.82, 2.24) is 9.80 Å². The minimum atomic E-state index is -0.355. The zero-order chi connectivity index (χ0) is 11.0. The second-order valence-electron chi connectivity index (χ2n) is 4.91. The van der Waals surface area contributed by atoms with Crippen LogP contribution in [-0.4, -0.2) is 54.0 Å². The summed E-state index contributed by atoms with van der Waals surface area (Å²) in [6, 6.07) is 0.882. The fourth-order valence-electron chi connectivity index (χ4n) is 2.80. The van der Waals surface area contributed by atoms with E-state index in [2.05, 4.69) is 11.9 Å². The molecule has 15 heavy (non-hydrogen) atoms. The van der Waals surface area contributed by atoms with Gasteiger partial charge >= 0.3 is 0 Å². The van der Waals surface area contributed by atoms with Crippen molar-refractivity contribution in [1.29, 1.82) is 0 Å². The van der Waals surface area contributed by atoms with E-state index in [1.54, 1.807) is 6.92 Å². The van der Waals surface area contributed by atoms with Crippen molar-refractivity contribution in [2.45, 2.75) is 44.3 Å². The van der Waals surface area contributed by atoms with Gasteiger partial charge in [-0.15, -0.1) is 0 Å². The highest BCUT2D eigenvalue weighted by Crippen LogP contribution is 2.28. The first kappa shape index (κ1) is 10.9. The number of likely N-dealkylation sites (N-methyl/N-ethyl adjacent to an activating group) is 1. The largest absolute Gasteiger partial charge is 0.340 e. The molecule has 3 atom stereocenters. The molecule has 4 heteroatoms. The van der Waals surface area contributed by atoms with Crippen LogP contribution in [0.4, 0.5) is 0 Å². The minimum absolute atomic E-state index is 0.107. The Morgan fingerprint density at radius 1 is 1.33 bits per heavy atom. The smallest absolute Gasteiger partial charge is 0.239 e. The summed E-state index contributed by atoms with van der Waals surface area (Å²) in [5.74, 6) is 0.107. The molecule has 2 saturated heterocycles. The van der Waals surface area contributed by atoms with Crippen molar-refractivity contribution in [2.24, 2.45) is 5.73 Å². The Morgan fingerprint density at radius 3 is 2.67 bits per heavy atom. The molecule has 0 aromatic heterocycles. The third-order valence-corrected chi connectivity index (χ3v) is 3.85. The molecule has 0 aliphatic carbocycles. The minimum Gasteiger partial charge on any atom is -0.340 e. The molecule has 2 unspecified atom stereocenters. The molecule has 1 amide bonds. The average molecular weight is 211 g/mol. The summed E-state index contributed by atoms with van der Waals surface area (Å²) < 4.78 is 0. The van der Waals surface area contributed by atoms with E-state index in [1.807, 2.05) is 4.90 Å². The Labute approximate surface area is 91.4 Å². The van der Waals surface area contributed by atoms with Crippen LogP contribution >= 0.6 is 0 Å². The number of carbonyl (C=O) groups is 1. The van der Waals surface area contributed by atoms with Gasteiger partial charge < -0.3 is 10.6 Å². The van der Waals surface area contributed by atoms with Crippen LogP contribution in [-0.2, 0) is 4.79 Å². The Bertz CT molecular complexity index is 254. The summed E-state index contributed by atoms with van der Waals surface area (Å²) in [6.07, 6.45) is 3.62. The maximum absolute atomic E-state index is 11.8. The van der Waals surface area contributed by atoms with E-state index in [0.717, 1.165) is 19.5 Å². The molecule has 2 aliphatic heterocycles. The number of nitrogens with zero attached hydrogens (tertiary/aromatic N) is 2. The highest BCUT2D eigenvalue weighted by atomic mass is 16.2. The summed E-state index contributed by atoms with van der Waals surface area (Å²) in [7, 11) is 2.18. The van der Waals surface area contributed by atoms with Gasteiger partial charge in [-0.05, 0) is 33.2 Å². The predicted octanol–water partition coefficient (Wildman–Crippen LogP) is 0.0287. The molecule has 4 nitrogen and oxygen atoms in total. The highest BCUT2D eigenvalue weighted by Gasteiger charge is 2.36. The van der Waals surface area contributed by atoms with Gasteiger partial charge in [0.15, 0.2) is 0 Å². The first-order valence-corrected chi connectivity index (χ1v) is 5.86. The molecule has 0 aromatic carbocycles. The van der Waals surface area contributed by atoms with E-state index < -0.39 is 0 Å². The average Bonchev–Trinajstić information content (AvgIpc) is 2.40. The van der Waals surface area contributed by atoms with Gasteiger partial charge in [-0.3, -0.25) is 9.69 Å². The van der Waals surface area contributed by atoms with Crippen LogP contribution < -0.4 is 5.73 Å². The summed E-state index contributed by atoms with van der Waals surface area (Å²) in [6.45, 7) is 3.52. The quantitative estimate of drug-likeness (QED) is 0.665. The predicted molar refractivity (Wildman–Crippen MR) is 59.4 cm³/mol. The lowest BCUT2D eigenvalue weighted by Crippen LogP contribution is -2.46. The van der Waals surface area contributed by atoms with Crippen molar-refractivity contribution < 1.29 is 4.79 Å². The molecule has 0 aromatic rings. The molecule has 0 saturated carbocycles. The number of nitrogens with two attached hydrogens (primary N) is 1. The summed E-state index contributed by atoms with van der Waals surface area (Å²) in [5, 5.41) is 0. The zero-order valence-corrected chi connectivity index (χ0v) is 9.65. The zero-order valence-electron chi connectivity index (χ0n) is 9.65. The number of hydrogen-bond donors (Lipinski definition) is 1. The Morgan fingerprint density at radius 2 is 2.00 bits per heavy atom. The van der Waals surface area contributed by atoms with Crippen molar-refractivity contribution in [3.8, 4) is 0 Å². The lowest BCUT2D eigenvalue weighted by atomic mass is 10.1. The molecule has 2 rings (SSSR count). The number of carbonyl (C=O) groups excluding carboxylic acids is 1. The summed E-state index contributed by atoms with van der Waals surface area (Å²) >= 11 is 0. The summed E-state index contributed by atoms with van der Waals surface area (Å²) in [5.41, 5.74) is 5.65. The van der Waals surface area contributed by atoms with Crippen LogP contribution in [0.2, 0.25) is 0 Å². The number of fused-ring (bicyclic) bond motifs is 2. The molecular weight excluding hydrogens is 190 g/mol. The van der Waals surface area contributed by atoms with Crippen molar-refractivity contribution in [2.75, 3.05) is 20.1 Å². The molecule has 2 heterocycles. The topological polar surface area (TPSA) is 49.6 Å². The van der Waals surface area contributed by atoms with Crippen LogP contribution in [0.25, 0.3) is 0 Å². The second kappa shape index (κ2) is 4.10. The fourth-order valence-corrected chi connectivity index (χ4v) is 2.80. The van der Waals surface area contributed by atoms with Gasteiger partial charge in [-0.1, -0.05) is 0 Å². The fraction of sp³-hybridized carbons (Fsp3) is 0.909. The number of amides is 1. The third-order valence-electron chi connectivity index (χ3n) is 3.85. The van der Waals surface area contributed by atoms with E-state index in [9.17, 15) is 4.79 Å². The molecular formula is C11H21N3O. The molecule has 2 fully saturated rings. The van der Waals surface area contributed by atoms with Gasteiger partial charge in [0.1, 0.15) is 0 Å². The van der Waals surface area contributed by atoms with Crippen LogP contribution in [0.3, 0.4) is 0 Å². The van der Waals surface area contributed by atoms with Gasteiger partial charge in [0.05, 0.1) is 6.04 Å². The van der Waals surface area contributed by atoms with E-state index in [-0.39, 0.29) is 11.9 Å². The molecule has 0 radical (unpaired) electrons. The summed E-state index contributed by atoms with van der Waals surface area (Å²) in [4.78, 5) is 16.2. The van der Waals surface area contributed by atoms with Gasteiger partial charge in [0.25, 0.3) is 0 Å². The van der Waals surface area contributed by atoms with E-state index >= 15 is 0 Å². The molecule has 86 valence electrons. The first-order valence-electron chi connectivity index (χ1n) is 5.86. The normalized spacial score (nSPS) is 33.9. The SMILES string of the molecule is C[C@@H](N)C(=O)N1CCC2CCC(C1)N2C. The lowest BCUT2D eigenvalue weighted by Gasteiger charge is -2.27. The Kier molecular flexibility index (Phi) is 2.98. The molecule has 2 aliphatic rings. The van der Waals surface area contributed by atoms with Gasteiger partial charge in [-0.2, -0.15) is 0 Å². The Hall–Kier alpha value is -0.610. The van der Waals surface area contributed by atoms with E-state index in [1.165, 1.54) is 12.8 Å². The van der Waals surface area contributed by atoms with E-state index in [0.29, 0.717) is 12.1 Å². The number of rotatable bonds is 1. The maximum Gasteiger partial charge on any atom is 0.239 e. The van der Waals surface area contributed by atoms with Crippen LogP contribution in [0, 0.1) is 0 Å². The maximum atomic E-state index is 11.8. The second-order valence-corrected chi connectivity index (χ2v) is 4.91. The van der Waals surface area contributed by atoms with Crippen molar-refractivity contribution in [3.05, 3.63) is 0 Å². The highest BCUT2D eigenvalue weighted by molar-refractivity contribution is 5.81. The molecule has 2 N–H and O–H groups in total. The van der Waals surface area contributed by atoms with Crippen LogP contribution in [0.1, 0.15) is 26.2 Å². The number of likely N-dealkylation sites (tertiary alicyclic amines) is 1. The van der Waals surface area contributed by atoms with Crippen molar-refractivity contribution >= 4 is 5.91 Å². The number of hydrogen-bond acceptors (Lipinski definition) is 3. The van der Waals surface area contributed by atoms with Crippen molar-refractivity contribution in [3.63, 3.8) is 0 Å². The third kappa shape index (κ3) is 2.01. The molecule has 2 bridgehead atoms. The first-order chi connectivity index (χ1) is 7.09. The van der Waals surface area contributed by atoms with Crippen LogP contribution in [0.15, 0.2) is 0 Å². The standard InChI is InChI=1S/C11H21N3O/c1-8(12)11(15)14-6-5-9-3-4-10(7-14)13(9)2/h8-10H,3-7,12H2,1-2H3/t8-,9?,10?/m1/s1.